The average molecular weight is 184 g/mol. The number of nitrogens with two attached hydrogens (primary N) is 1. The fourth-order valence-electron chi connectivity index (χ4n) is 1.07. The van der Waals surface area contributed by atoms with Crippen molar-refractivity contribution in [1.29, 1.82) is 0 Å². The third-order valence-corrected chi connectivity index (χ3v) is 1.78. The Balaban J connectivity index is 4.61. The first-order chi connectivity index (χ1) is 5.80. The highest BCUT2D eigenvalue weighted by Gasteiger charge is 2.26. The van der Waals surface area contributed by atoms with Crippen LogP contribution < -0.4 is 5.73 Å². The summed E-state index contributed by atoms with van der Waals surface area (Å²) in [7, 11) is 0. The molecule has 0 aromatic heterocycles. The molecule has 0 rings (SSSR count). The molecule has 0 saturated carbocycles. The third kappa shape index (κ3) is 3.59. The molecule has 0 aromatic rings. The largest absolute Gasteiger partial charge is 0.333 e. The lowest BCUT2D eigenvalue weighted by molar-refractivity contribution is -0.136. The van der Waals surface area contributed by atoms with Gasteiger partial charge in [-0.1, -0.05) is 6.08 Å². The van der Waals surface area contributed by atoms with E-state index in [1.807, 2.05) is 20.8 Å². The lowest BCUT2D eigenvalue weighted by atomic mass is 10.0. The molecule has 3 heteroatoms. The van der Waals surface area contributed by atoms with Gasteiger partial charge >= 0.3 is 0 Å². The summed E-state index contributed by atoms with van der Waals surface area (Å²) in [6.45, 7) is 11.8. The Morgan fingerprint density at radius 3 is 2.31 bits per heavy atom. The molecule has 0 saturated heterocycles. The van der Waals surface area contributed by atoms with Crippen molar-refractivity contribution in [1.82, 2.24) is 4.90 Å². The van der Waals surface area contributed by atoms with Gasteiger partial charge in [0.25, 0.3) is 0 Å². The Labute approximate surface area is 80.6 Å². The molecule has 0 radical (unpaired) electrons. The molecule has 1 unspecified atom stereocenters. The summed E-state index contributed by atoms with van der Waals surface area (Å²) in [5.74, 6) is -0.0348. The maximum atomic E-state index is 11.6. The Hall–Kier alpha value is -0.830. The van der Waals surface area contributed by atoms with E-state index in [1.165, 1.54) is 0 Å². The maximum absolute atomic E-state index is 11.6. The number of amides is 1. The van der Waals surface area contributed by atoms with Crippen LogP contribution >= 0.6 is 0 Å². The van der Waals surface area contributed by atoms with E-state index >= 15 is 0 Å². The topological polar surface area (TPSA) is 46.3 Å². The molecule has 0 bridgehead atoms. The molecule has 0 heterocycles. The van der Waals surface area contributed by atoms with Crippen LogP contribution in [-0.4, -0.2) is 28.9 Å². The lowest BCUT2D eigenvalue weighted by Gasteiger charge is -2.36. The van der Waals surface area contributed by atoms with E-state index < -0.39 is 6.04 Å². The first-order valence-electron chi connectivity index (χ1n) is 4.48. The van der Waals surface area contributed by atoms with E-state index in [0.717, 1.165) is 0 Å². The van der Waals surface area contributed by atoms with Gasteiger partial charge in [0.15, 0.2) is 0 Å². The summed E-state index contributed by atoms with van der Waals surface area (Å²) in [5.41, 5.74) is 5.34. The second kappa shape index (κ2) is 4.42. The van der Waals surface area contributed by atoms with E-state index in [4.69, 9.17) is 5.73 Å². The Bertz CT molecular complexity index is 192. The molecule has 1 atom stereocenters. The fourth-order valence-corrected chi connectivity index (χ4v) is 1.07. The van der Waals surface area contributed by atoms with Gasteiger partial charge in [-0.15, -0.1) is 6.58 Å². The highest BCUT2D eigenvalue weighted by molar-refractivity contribution is 5.82. The minimum atomic E-state index is -0.445. The summed E-state index contributed by atoms with van der Waals surface area (Å²) >= 11 is 0. The zero-order valence-corrected chi connectivity index (χ0v) is 9.00. The summed E-state index contributed by atoms with van der Waals surface area (Å²) in [6.07, 6.45) is 1.71. The van der Waals surface area contributed by atoms with Crippen molar-refractivity contribution in [2.45, 2.75) is 39.3 Å². The molecule has 1 amide bonds. The van der Waals surface area contributed by atoms with Crippen LogP contribution in [0, 0.1) is 0 Å². The number of carbonyl (C=O) groups excluding carboxylic acids is 1. The predicted molar refractivity (Wildman–Crippen MR) is 55.3 cm³/mol. The molecule has 2 N–H and O–H groups in total. The van der Waals surface area contributed by atoms with Crippen molar-refractivity contribution in [2.24, 2.45) is 5.73 Å². The quantitative estimate of drug-likeness (QED) is 0.669. The van der Waals surface area contributed by atoms with Crippen LogP contribution in [0.2, 0.25) is 0 Å². The first-order valence-corrected chi connectivity index (χ1v) is 4.48. The van der Waals surface area contributed by atoms with Gasteiger partial charge in [0, 0.05) is 12.1 Å². The van der Waals surface area contributed by atoms with Gasteiger partial charge in [0.05, 0.1) is 6.04 Å². The second-order valence-electron chi connectivity index (χ2n) is 4.20. The van der Waals surface area contributed by atoms with Crippen LogP contribution in [0.15, 0.2) is 12.7 Å². The van der Waals surface area contributed by atoms with Gasteiger partial charge in [-0.3, -0.25) is 4.79 Å². The third-order valence-electron chi connectivity index (χ3n) is 1.78. The molecule has 0 aliphatic heterocycles. The van der Waals surface area contributed by atoms with E-state index in [2.05, 4.69) is 6.58 Å². The van der Waals surface area contributed by atoms with Crippen LogP contribution in [0.25, 0.3) is 0 Å². The summed E-state index contributed by atoms with van der Waals surface area (Å²) < 4.78 is 0. The molecule has 0 spiro atoms. The van der Waals surface area contributed by atoms with Gasteiger partial charge in [-0.05, 0) is 27.7 Å². The van der Waals surface area contributed by atoms with Crippen LogP contribution in [-0.2, 0) is 4.79 Å². The van der Waals surface area contributed by atoms with Gasteiger partial charge in [0.2, 0.25) is 5.91 Å². The van der Waals surface area contributed by atoms with E-state index in [9.17, 15) is 4.79 Å². The summed E-state index contributed by atoms with van der Waals surface area (Å²) in [6, 6.07) is -0.445. The Kier molecular flexibility index (Phi) is 4.14. The van der Waals surface area contributed by atoms with E-state index in [0.29, 0.717) is 6.54 Å². The number of hydrogen-bond donors (Lipinski definition) is 1. The molecule has 13 heavy (non-hydrogen) atoms. The van der Waals surface area contributed by atoms with Crippen LogP contribution in [0.4, 0.5) is 0 Å². The lowest BCUT2D eigenvalue weighted by Crippen LogP contribution is -2.51. The van der Waals surface area contributed by atoms with Crippen molar-refractivity contribution in [3.63, 3.8) is 0 Å². The highest BCUT2D eigenvalue weighted by atomic mass is 16.2. The minimum absolute atomic E-state index is 0.0348. The number of carbonyl (C=O) groups is 1. The normalized spacial score (nSPS) is 13.6. The van der Waals surface area contributed by atoms with Gasteiger partial charge in [0.1, 0.15) is 0 Å². The molecular formula is C10H20N2O. The molecule has 0 aliphatic carbocycles. The smallest absolute Gasteiger partial charge is 0.239 e. The van der Waals surface area contributed by atoms with E-state index in [-0.39, 0.29) is 11.4 Å². The molecule has 76 valence electrons. The number of hydrogen-bond acceptors (Lipinski definition) is 2. The molecule has 0 fully saturated rings. The van der Waals surface area contributed by atoms with Crippen molar-refractivity contribution < 1.29 is 4.79 Å². The maximum Gasteiger partial charge on any atom is 0.239 e. The molecule has 0 aromatic carbocycles. The Morgan fingerprint density at radius 2 is 2.08 bits per heavy atom. The zero-order chi connectivity index (χ0) is 10.6. The van der Waals surface area contributed by atoms with Crippen LogP contribution in [0.3, 0.4) is 0 Å². The number of rotatable bonds is 3. The van der Waals surface area contributed by atoms with Crippen molar-refractivity contribution >= 4 is 5.91 Å². The van der Waals surface area contributed by atoms with Gasteiger partial charge < -0.3 is 10.6 Å². The Morgan fingerprint density at radius 1 is 1.62 bits per heavy atom. The first kappa shape index (κ1) is 12.2. The van der Waals surface area contributed by atoms with Crippen molar-refractivity contribution in [2.75, 3.05) is 6.54 Å². The minimum Gasteiger partial charge on any atom is -0.333 e. The molecular weight excluding hydrogens is 164 g/mol. The highest BCUT2D eigenvalue weighted by Crippen LogP contribution is 2.13. The average Bonchev–Trinajstić information content (AvgIpc) is 1.96. The summed E-state index contributed by atoms with van der Waals surface area (Å²) in [4.78, 5) is 13.4. The monoisotopic (exact) mass is 184 g/mol. The van der Waals surface area contributed by atoms with E-state index in [1.54, 1.807) is 17.9 Å². The SMILES string of the molecule is C=CCN(C(=O)C(C)N)C(C)(C)C. The summed E-state index contributed by atoms with van der Waals surface area (Å²) in [5, 5.41) is 0. The van der Waals surface area contributed by atoms with Gasteiger partial charge in [-0.2, -0.15) is 0 Å². The van der Waals surface area contributed by atoms with Crippen molar-refractivity contribution in [3.8, 4) is 0 Å². The second-order valence-corrected chi connectivity index (χ2v) is 4.20. The number of nitrogens with zero attached hydrogens (tertiary/aromatic N) is 1. The molecule has 0 aliphatic rings. The predicted octanol–water partition coefficient (Wildman–Crippen LogP) is 1.15. The van der Waals surface area contributed by atoms with Gasteiger partial charge in [-0.25, -0.2) is 0 Å². The van der Waals surface area contributed by atoms with Crippen LogP contribution in [0.5, 0.6) is 0 Å². The molecule has 3 nitrogen and oxygen atoms in total. The van der Waals surface area contributed by atoms with Crippen LogP contribution in [0.1, 0.15) is 27.7 Å². The fraction of sp³-hybridized carbons (Fsp3) is 0.700. The zero-order valence-electron chi connectivity index (χ0n) is 9.00. The van der Waals surface area contributed by atoms with Crippen molar-refractivity contribution in [3.05, 3.63) is 12.7 Å². The standard InChI is InChI=1S/C10H20N2O/c1-6-7-12(10(3,4)5)9(13)8(2)11/h6,8H,1,7,11H2,2-5H3.